The molecule has 0 aliphatic heterocycles. The number of carbonyl (C=O) groups excluding carboxylic acids is 1. The molecule has 0 unspecified atom stereocenters. The third-order valence-electron chi connectivity index (χ3n) is 4.80. The second-order valence-electron chi connectivity index (χ2n) is 7.33. The summed E-state index contributed by atoms with van der Waals surface area (Å²) in [6, 6.07) is 23.0. The van der Waals surface area contributed by atoms with Crippen LogP contribution in [0.2, 0.25) is 0 Å². The van der Waals surface area contributed by atoms with Gasteiger partial charge in [-0.2, -0.15) is 4.98 Å². The van der Waals surface area contributed by atoms with Crippen LogP contribution in [0.5, 0.6) is 5.75 Å². The predicted octanol–water partition coefficient (Wildman–Crippen LogP) is 4.86. The summed E-state index contributed by atoms with van der Waals surface area (Å²) in [6.07, 6.45) is 0. The first-order valence-corrected chi connectivity index (χ1v) is 10.0. The molecule has 1 N–H and O–H groups in total. The summed E-state index contributed by atoms with van der Waals surface area (Å²) in [5, 5.41) is 6.95. The molecular formula is C25H23N3O3. The van der Waals surface area contributed by atoms with Gasteiger partial charge >= 0.3 is 0 Å². The van der Waals surface area contributed by atoms with E-state index in [2.05, 4.69) is 15.5 Å². The van der Waals surface area contributed by atoms with Crippen molar-refractivity contribution in [3.8, 4) is 17.1 Å². The lowest BCUT2D eigenvalue weighted by atomic mass is 10.1. The minimum absolute atomic E-state index is 0.0705. The number of benzene rings is 3. The summed E-state index contributed by atoms with van der Waals surface area (Å²) in [5.74, 6) is 1.09. The van der Waals surface area contributed by atoms with Crippen molar-refractivity contribution in [2.75, 3.05) is 0 Å². The van der Waals surface area contributed by atoms with Gasteiger partial charge in [0.15, 0.2) is 6.61 Å². The van der Waals surface area contributed by atoms with Crippen molar-refractivity contribution in [2.24, 2.45) is 0 Å². The first-order valence-electron chi connectivity index (χ1n) is 10.0. The van der Waals surface area contributed by atoms with Crippen molar-refractivity contribution in [2.45, 2.75) is 27.0 Å². The van der Waals surface area contributed by atoms with Crippen molar-refractivity contribution in [1.82, 2.24) is 15.5 Å². The van der Waals surface area contributed by atoms with Crippen LogP contribution in [0, 0.1) is 13.8 Å². The first kappa shape index (κ1) is 20.3. The Morgan fingerprint density at radius 2 is 1.77 bits per heavy atom. The van der Waals surface area contributed by atoms with Gasteiger partial charge in [0.25, 0.3) is 11.8 Å². The van der Waals surface area contributed by atoms with Crippen LogP contribution in [0.1, 0.15) is 32.9 Å². The second-order valence-corrected chi connectivity index (χ2v) is 7.33. The molecule has 0 radical (unpaired) electrons. The van der Waals surface area contributed by atoms with E-state index in [0.717, 1.165) is 22.3 Å². The van der Waals surface area contributed by atoms with E-state index in [-0.39, 0.29) is 12.5 Å². The molecule has 1 aromatic heterocycles. The number of aromatic nitrogens is 2. The van der Waals surface area contributed by atoms with Gasteiger partial charge in [-0.1, -0.05) is 76.9 Å². The topological polar surface area (TPSA) is 77.2 Å². The van der Waals surface area contributed by atoms with Crippen LogP contribution < -0.4 is 10.1 Å². The summed E-state index contributed by atoms with van der Waals surface area (Å²) in [6.45, 7) is 4.56. The summed E-state index contributed by atoms with van der Waals surface area (Å²) < 4.78 is 11.1. The Labute approximate surface area is 180 Å². The van der Waals surface area contributed by atoms with Crippen LogP contribution in [-0.2, 0) is 13.2 Å². The highest BCUT2D eigenvalue weighted by molar-refractivity contribution is 5.96. The zero-order chi connectivity index (χ0) is 21.6. The van der Waals surface area contributed by atoms with Crippen LogP contribution in [-0.4, -0.2) is 16.0 Å². The molecule has 156 valence electrons. The van der Waals surface area contributed by atoms with E-state index in [1.165, 1.54) is 0 Å². The molecule has 0 fully saturated rings. The van der Waals surface area contributed by atoms with Crippen LogP contribution in [0.4, 0.5) is 0 Å². The van der Waals surface area contributed by atoms with Gasteiger partial charge in [0, 0.05) is 12.1 Å². The summed E-state index contributed by atoms with van der Waals surface area (Å²) in [5.41, 5.74) is 4.68. The minimum atomic E-state index is -0.206. The van der Waals surface area contributed by atoms with Gasteiger partial charge in [0.1, 0.15) is 5.75 Å². The second kappa shape index (κ2) is 9.26. The fourth-order valence-electron chi connectivity index (χ4n) is 3.15. The average molecular weight is 413 g/mol. The number of para-hydroxylation sites is 1. The molecule has 0 saturated carbocycles. The summed E-state index contributed by atoms with van der Waals surface area (Å²) >= 11 is 0. The molecule has 0 atom stereocenters. The van der Waals surface area contributed by atoms with Crippen molar-refractivity contribution in [3.63, 3.8) is 0 Å². The molecule has 0 aliphatic carbocycles. The SMILES string of the molecule is Cc1ccc(-c2noc(COc3ccccc3C(=O)NCc3cccc(C)c3)n2)cc1. The largest absolute Gasteiger partial charge is 0.483 e. The van der Waals surface area contributed by atoms with Gasteiger partial charge in [-0.3, -0.25) is 4.79 Å². The van der Waals surface area contributed by atoms with Gasteiger partial charge in [-0.15, -0.1) is 0 Å². The quantitative estimate of drug-likeness (QED) is 0.468. The molecule has 1 amide bonds. The van der Waals surface area contributed by atoms with Gasteiger partial charge in [0.2, 0.25) is 5.82 Å². The first-order chi connectivity index (χ1) is 15.1. The van der Waals surface area contributed by atoms with E-state index >= 15 is 0 Å². The van der Waals surface area contributed by atoms with Crippen LogP contribution in [0.3, 0.4) is 0 Å². The van der Waals surface area contributed by atoms with Crippen LogP contribution in [0.25, 0.3) is 11.4 Å². The van der Waals surface area contributed by atoms with E-state index in [4.69, 9.17) is 9.26 Å². The molecule has 6 heteroatoms. The fourth-order valence-corrected chi connectivity index (χ4v) is 3.15. The van der Waals surface area contributed by atoms with Crippen molar-refractivity contribution in [3.05, 3.63) is 101 Å². The van der Waals surface area contributed by atoms with E-state index < -0.39 is 0 Å². The molecule has 4 aromatic rings. The lowest BCUT2D eigenvalue weighted by Gasteiger charge is -2.11. The standard InChI is InChI=1S/C25H23N3O3/c1-17-10-12-20(13-11-17)24-27-23(31-28-24)16-30-22-9-4-3-8-21(22)25(29)26-15-19-7-5-6-18(2)14-19/h3-14H,15-16H2,1-2H3,(H,26,29). The molecule has 3 aromatic carbocycles. The third kappa shape index (κ3) is 5.17. The number of hydrogen-bond donors (Lipinski definition) is 1. The molecule has 0 bridgehead atoms. The average Bonchev–Trinajstić information content (AvgIpc) is 3.26. The number of ether oxygens (including phenoxy) is 1. The van der Waals surface area contributed by atoms with Crippen molar-refractivity contribution in [1.29, 1.82) is 0 Å². The lowest BCUT2D eigenvalue weighted by molar-refractivity contribution is 0.0945. The number of nitrogens with one attached hydrogen (secondary N) is 1. The van der Waals surface area contributed by atoms with E-state index in [1.54, 1.807) is 18.2 Å². The number of rotatable bonds is 7. The molecule has 6 nitrogen and oxygen atoms in total. The van der Waals surface area contributed by atoms with Gasteiger partial charge < -0.3 is 14.6 Å². The fraction of sp³-hybridized carbons (Fsp3) is 0.160. The molecule has 0 aliphatic rings. The highest BCUT2D eigenvalue weighted by atomic mass is 16.5. The Hall–Kier alpha value is -3.93. The number of amides is 1. The summed E-state index contributed by atoms with van der Waals surface area (Å²) in [4.78, 5) is 17.1. The smallest absolute Gasteiger partial charge is 0.264 e. The number of carbonyl (C=O) groups is 1. The van der Waals surface area contributed by atoms with E-state index in [1.807, 2.05) is 68.4 Å². The van der Waals surface area contributed by atoms with E-state index in [9.17, 15) is 4.79 Å². The maximum absolute atomic E-state index is 12.7. The van der Waals surface area contributed by atoms with E-state index in [0.29, 0.717) is 29.6 Å². The normalized spacial score (nSPS) is 10.6. The molecule has 0 saturated heterocycles. The van der Waals surface area contributed by atoms with Crippen molar-refractivity contribution < 1.29 is 14.1 Å². The zero-order valence-electron chi connectivity index (χ0n) is 17.5. The minimum Gasteiger partial charge on any atom is -0.483 e. The van der Waals surface area contributed by atoms with Gasteiger partial charge in [0.05, 0.1) is 5.56 Å². The van der Waals surface area contributed by atoms with Crippen LogP contribution in [0.15, 0.2) is 77.3 Å². The molecule has 4 rings (SSSR count). The maximum atomic E-state index is 12.7. The molecular weight excluding hydrogens is 390 g/mol. The number of aryl methyl sites for hydroxylation is 2. The lowest BCUT2D eigenvalue weighted by Crippen LogP contribution is -2.23. The monoisotopic (exact) mass is 413 g/mol. The number of nitrogens with zero attached hydrogens (tertiary/aromatic N) is 2. The third-order valence-corrected chi connectivity index (χ3v) is 4.80. The molecule has 1 heterocycles. The van der Waals surface area contributed by atoms with Crippen molar-refractivity contribution >= 4 is 5.91 Å². The van der Waals surface area contributed by atoms with Gasteiger partial charge in [-0.05, 0) is 31.5 Å². The Morgan fingerprint density at radius 1 is 0.968 bits per heavy atom. The molecule has 0 spiro atoms. The zero-order valence-corrected chi connectivity index (χ0v) is 17.5. The Bertz CT molecular complexity index is 1180. The van der Waals surface area contributed by atoms with Gasteiger partial charge in [-0.25, -0.2) is 0 Å². The summed E-state index contributed by atoms with van der Waals surface area (Å²) in [7, 11) is 0. The Kier molecular flexibility index (Phi) is 6.08. The van der Waals surface area contributed by atoms with Crippen LogP contribution >= 0.6 is 0 Å². The Morgan fingerprint density at radius 3 is 2.58 bits per heavy atom. The number of hydrogen-bond acceptors (Lipinski definition) is 5. The predicted molar refractivity (Wildman–Crippen MR) is 118 cm³/mol. The highest BCUT2D eigenvalue weighted by Gasteiger charge is 2.14. The maximum Gasteiger partial charge on any atom is 0.264 e. The molecule has 31 heavy (non-hydrogen) atoms. The highest BCUT2D eigenvalue weighted by Crippen LogP contribution is 2.21. The Balaban J connectivity index is 1.40.